The number of nitrogens with zero attached hydrogens (tertiary/aromatic N) is 1. The van der Waals surface area contributed by atoms with E-state index in [1.165, 1.54) is 0 Å². The first-order chi connectivity index (χ1) is 9.35. The minimum Gasteiger partial charge on any atom is -0.460 e. The molecule has 0 unspecified atom stereocenters. The highest BCUT2D eigenvalue weighted by molar-refractivity contribution is 5.77. The Morgan fingerprint density at radius 3 is 2.55 bits per heavy atom. The van der Waals surface area contributed by atoms with Gasteiger partial charge in [-0.25, -0.2) is 0 Å². The molecule has 6 heteroatoms. The van der Waals surface area contributed by atoms with Crippen LogP contribution in [0.25, 0.3) is 0 Å². The molecular weight excluding hydrogens is 258 g/mol. The van der Waals surface area contributed by atoms with Crippen molar-refractivity contribution in [3.8, 4) is 0 Å². The van der Waals surface area contributed by atoms with Gasteiger partial charge in [0.05, 0.1) is 6.61 Å². The largest absolute Gasteiger partial charge is 0.460 e. The number of ether oxygens (including phenoxy) is 2. The Morgan fingerprint density at radius 1 is 1.25 bits per heavy atom. The van der Waals surface area contributed by atoms with E-state index in [4.69, 9.17) is 15.2 Å². The minimum atomic E-state index is -0.399. The summed E-state index contributed by atoms with van der Waals surface area (Å²) < 4.78 is 10.1. The number of unbranched alkanes of at least 4 members (excludes halogenated alkanes) is 2. The molecule has 0 bridgehead atoms. The third kappa shape index (κ3) is 13.1. The van der Waals surface area contributed by atoms with Crippen molar-refractivity contribution in [2.24, 2.45) is 10.7 Å². The average Bonchev–Trinajstić information content (AvgIpc) is 2.31. The van der Waals surface area contributed by atoms with Gasteiger partial charge < -0.3 is 20.5 Å². The van der Waals surface area contributed by atoms with Gasteiger partial charge in [0.1, 0.15) is 5.60 Å². The molecule has 0 aromatic rings. The Kier molecular flexibility index (Phi) is 9.80. The van der Waals surface area contributed by atoms with E-state index in [1.807, 2.05) is 20.8 Å². The van der Waals surface area contributed by atoms with E-state index >= 15 is 0 Å². The highest BCUT2D eigenvalue weighted by Crippen LogP contribution is 2.10. The molecule has 0 radical (unpaired) electrons. The fourth-order valence-electron chi connectivity index (χ4n) is 1.49. The third-order valence-corrected chi connectivity index (χ3v) is 2.35. The molecule has 0 fully saturated rings. The smallest absolute Gasteiger partial charge is 0.306 e. The lowest BCUT2D eigenvalue weighted by Gasteiger charge is -2.19. The van der Waals surface area contributed by atoms with E-state index in [0.717, 1.165) is 19.3 Å². The van der Waals surface area contributed by atoms with Gasteiger partial charge in [-0.15, -0.1) is 0 Å². The first kappa shape index (κ1) is 18.7. The summed E-state index contributed by atoms with van der Waals surface area (Å²) >= 11 is 0. The zero-order valence-electron chi connectivity index (χ0n) is 13.2. The van der Waals surface area contributed by atoms with Crippen LogP contribution < -0.4 is 11.1 Å². The number of rotatable bonds is 9. The molecule has 0 aliphatic rings. The van der Waals surface area contributed by atoms with Crippen LogP contribution >= 0.6 is 0 Å². The quantitative estimate of drug-likeness (QED) is 0.290. The van der Waals surface area contributed by atoms with Crippen molar-refractivity contribution in [1.29, 1.82) is 0 Å². The van der Waals surface area contributed by atoms with E-state index < -0.39 is 5.60 Å². The van der Waals surface area contributed by atoms with Crippen LogP contribution in [0.5, 0.6) is 0 Å². The van der Waals surface area contributed by atoms with E-state index in [0.29, 0.717) is 32.1 Å². The van der Waals surface area contributed by atoms with Gasteiger partial charge >= 0.3 is 5.97 Å². The predicted octanol–water partition coefficient (Wildman–Crippen LogP) is 1.44. The van der Waals surface area contributed by atoms with Crippen molar-refractivity contribution >= 4 is 11.9 Å². The van der Waals surface area contributed by atoms with Gasteiger partial charge in [-0.3, -0.25) is 9.79 Å². The van der Waals surface area contributed by atoms with Crippen LogP contribution in [0.4, 0.5) is 0 Å². The van der Waals surface area contributed by atoms with Crippen LogP contribution in [0.3, 0.4) is 0 Å². The molecule has 0 aromatic carbocycles. The minimum absolute atomic E-state index is 0.137. The van der Waals surface area contributed by atoms with Crippen LogP contribution in [-0.2, 0) is 14.3 Å². The van der Waals surface area contributed by atoms with Crippen molar-refractivity contribution in [3.05, 3.63) is 0 Å². The molecular formula is C14H29N3O3. The van der Waals surface area contributed by atoms with Crippen molar-refractivity contribution < 1.29 is 14.3 Å². The molecule has 0 aliphatic heterocycles. The Bertz CT molecular complexity index is 299. The summed E-state index contributed by atoms with van der Waals surface area (Å²) in [6, 6.07) is 0. The van der Waals surface area contributed by atoms with Crippen molar-refractivity contribution in [3.63, 3.8) is 0 Å². The molecule has 6 nitrogen and oxygen atoms in total. The number of nitrogens with two attached hydrogens (primary N) is 1. The Labute approximate surface area is 122 Å². The molecule has 0 atom stereocenters. The molecule has 20 heavy (non-hydrogen) atoms. The van der Waals surface area contributed by atoms with Crippen LogP contribution in [0.1, 0.15) is 46.5 Å². The Morgan fingerprint density at radius 2 is 1.95 bits per heavy atom. The first-order valence-corrected chi connectivity index (χ1v) is 7.09. The fourth-order valence-corrected chi connectivity index (χ4v) is 1.49. The van der Waals surface area contributed by atoms with Crippen LogP contribution in [0.2, 0.25) is 0 Å². The van der Waals surface area contributed by atoms with Crippen LogP contribution in [0, 0.1) is 0 Å². The topological polar surface area (TPSA) is 85.9 Å². The van der Waals surface area contributed by atoms with Gasteiger partial charge in [-0.05, 0) is 33.6 Å². The van der Waals surface area contributed by atoms with Crippen molar-refractivity contribution in [2.75, 3.05) is 26.8 Å². The SMILES string of the molecule is COCCNC(N)=NCCCCCC(=O)OC(C)(C)C. The van der Waals surface area contributed by atoms with Gasteiger partial charge in [-0.2, -0.15) is 0 Å². The molecule has 0 rings (SSSR count). The van der Waals surface area contributed by atoms with Crippen molar-refractivity contribution in [1.82, 2.24) is 5.32 Å². The second kappa shape index (κ2) is 10.5. The monoisotopic (exact) mass is 287 g/mol. The highest BCUT2D eigenvalue weighted by atomic mass is 16.6. The number of carbonyl (C=O) groups is 1. The lowest BCUT2D eigenvalue weighted by molar-refractivity contribution is -0.154. The summed E-state index contributed by atoms with van der Waals surface area (Å²) in [5.74, 6) is 0.302. The van der Waals surface area contributed by atoms with Gasteiger partial charge in [-0.1, -0.05) is 6.42 Å². The van der Waals surface area contributed by atoms with Crippen molar-refractivity contribution in [2.45, 2.75) is 52.1 Å². The highest BCUT2D eigenvalue weighted by Gasteiger charge is 2.15. The van der Waals surface area contributed by atoms with Gasteiger partial charge in [0.15, 0.2) is 5.96 Å². The average molecular weight is 287 g/mol. The summed E-state index contributed by atoms with van der Waals surface area (Å²) in [7, 11) is 1.64. The van der Waals surface area contributed by atoms with E-state index in [-0.39, 0.29) is 5.97 Å². The normalized spacial score (nSPS) is 12.3. The molecule has 0 aromatic heterocycles. The van der Waals surface area contributed by atoms with Gasteiger partial charge in [0.25, 0.3) is 0 Å². The number of carbonyl (C=O) groups excluding carboxylic acids is 1. The summed E-state index contributed by atoms with van der Waals surface area (Å²) in [6.07, 6.45) is 3.13. The number of guanidine groups is 1. The number of hydrogen-bond donors (Lipinski definition) is 2. The number of aliphatic imine (C=N–C) groups is 1. The fraction of sp³-hybridized carbons (Fsp3) is 0.857. The molecule has 118 valence electrons. The summed E-state index contributed by atoms with van der Waals surface area (Å²) in [6.45, 7) is 7.55. The Balaban J connectivity index is 3.52. The third-order valence-electron chi connectivity index (χ3n) is 2.35. The summed E-state index contributed by atoms with van der Waals surface area (Å²) in [4.78, 5) is 15.6. The molecule has 0 aliphatic carbocycles. The molecule has 0 saturated heterocycles. The maximum absolute atomic E-state index is 11.5. The predicted molar refractivity (Wildman–Crippen MR) is 80.7 cm³/mol. The molecule has 0 saturated carbocycles. The van der Waals surface area contributed by atoms with E-state index in [2.05, 4.69) is 10.3 Å². The van der Waals surface area contributed by atoms with Crippen LogP contribution in [0.15, 0.2) is 4.99 Å². The lowest BCUT2D eigenvalue weighted by Crippen LogP contribution is -2.34. The number of nitrogens with one attached hydrogen (secondary N) is 1. The maximum Gasteiger partial charge on any atom is 0.306 e. The zero-order chi connectivity index (χ0) is 15.4. The second-order valence-electron chi connectivity index (χ2n) is 5.58. The van der Waals surface area contributed by atoms with Gasteiger partial charge in [0.2, 0.25) is 0 Å². The molecule has 0 spiro atoms. The van der Waals surface area contributed by atoms with E-state index in [9.17, 15) is 4.79 Å². The number of hydrogen-bond acceptors (Lipinski definition) is 4. The zero-order valence-corrected chi connectivity index (χ0v) is 13.2. The maximum atomic E-state index is 11.5. The number of esters is 1. The number of methoxy groups -OCH3 is 1. The standard InChI is InChI=1S/C14H29N3O3/c1-14(2,3)20-12(18)8-6-5-7-9-16-13(15)17-10-11-19-4/h5-11H2,1-4H3,(H3,15,16,17). The second-order valence-corrected chi connectivity index (χ2v) is 5.58. The van der Waals surface area contributed by atoms with Crippen LogP contribution in [-0.4, -0.2) is 44.3 Å². The summed E-state index contributed by atoms with van der Waals surface area (Å²) in [5, 5.41) is 2.95. The van der Waals surface area contributed by atoms with Gasteiger partial charge in [0, 0.05) is 26.6 Å². The molecule has 0 amide bonds. The first-order valence-electron chi connectivity index (χ1n) is 7.09. The molecule has 3 N–H and O–H groups in total. The summed E-state index contributed by atoms with van der Waals surface area (Å²) in [5.41, 5.74) is 5.26. The Hall–Kier alpha value is -1.30. The van der Waals surface area contributed by atoms with E-state index in [1.54, 1.807) is 7.11 Å². The lowest BCUT2D eigenvalue weighted by atomic mass is 10.1. The molecule has 0 heterocycles.